The van der Waals surface area contributed by atoms with E-state index in [2.05, 4.69) is 10.2 Å². The van der Waals surface area contributed by atoms with E-state index in [1.807, 2.05) is 48.9 Å². The number of nitrogens with one attached hydrogen (secondary N) is 1. The van der Waals surface area contributed by atoms with Crippen molar-refractivity contribution >= 4 is 23.0 Å². The molecule has 2 heterocycles. The van der Waals surface area contributed by atoms with Crippen LogP contribution in [0.25, 0.3) is 10.9 Å². The van der Waals surface area contributed by atoms with Crippen LogP contribution in [0, 0.1) is 5.92 Å². The molecule has 0 radical (unpaired) electrons. The molecule has 0 aliphatic carbocycles. The molecule has 1 aromatic heterocycles. The van der Waals surface area contributed by atoms with Crippen molar-refractivity contribution in [2.45, 2.75) is 32.7 Å². The van der Waals surface area contributed by atoms with Gasteiger partial charge in [-0.05, 0) is 57.8 Å². The third kappa shape index (κ3) is 5.50. The molecule has 2 aromatic rings. The van der Waals surface area contributed by atoms with Gasteiger partial charge in [0, 0.05) is 30.5 Å². The summed E-state index contributed by atoms with van der Waals surface area (Å²) in [6.45, 7) is 7.26. The molecule has 7 nitrogen and oxygen atoms in total. The molecule has 7 heteroatoms. The van der Waals surface area contributed by atoms with E-state index in [-0.39, 0.29) is 18.1 Å². The number of alkyl carbamates (subject to hydrolysis) is 1. The molecule has 1 fully saturated rings. The summed E-state index contributed by atoms with van der Waals surface area (Å²) in [4.78, 5) is 26.4. The van der Waals surface area contributed by atoms with E-state index in [0.29, 0.717) is 24.8 Å². The minimum atomic E-state index is -0.366. The van der Waals surface area contributed by atoms with E-state index in [9.17, 15) is 9.59 Å². The second-order valence-corrected chi connectivity index (χ2v) is 7.76. The van der Waals surface area contributed by atoms with Crippen LogP contribution < -0.4 is 5.32 Å². The zero-order chi connectivity index (χ0) is 20.8. The van der Waals surface area contributed by atoms with Crippen LogP contribution in [0.15, 0.2) is 30.3 Å². The summed E-state index contributed by atoms with van der Waals surface area (Å²) in [6.07, 6.45) is 1.60. The highest BCUT2D eigenvalue weighted by molar-refractivity contribution is 5.95. The lowest BCUT2D eigenvalue weighted by molar-refractivity contribution is 0.0359. The van der Waals surface area contributed by atoms with Gasteiger partial charge in [0.15, 0.2) is 0 Å². The van der Waals surface area contributed by atoms with Crippen LogP contribution in [0.4, 0.5) is 4.79 Å². The number of fused-ring (bicyclic) bond motifs is 1. The molecule has 0 spiro atoms. The Morgan fingerprint density at radius 2 is 1.93 bits per heavy atom. The highest BCUT2D eigenvalue weighted by atomic mass is 16.5. The molecular formula is C22H31N3O4. The summed E-state index contributed by atoms with van der Waals surface area (Å²) in [5, 5.41) is 3.88. The van der Waals surface area contributed by atoms with Gasteiger partial charge in [0.2, 0.25) is 0 Å². The number of amides is 1. The quantitative estimate of drug-likeness (QED) is 0.722. The number of benzene rings is 1. The lowest BCUT2D eigenvalue weighted by Gasteiger charge is -2.33. The number of hydrogen-bond donors (Lipinski definition) is 1. The number of esters is 1. The van der Waals surface area contributed by atoms with Crippen LogP contribution >= 0.6 is 0 Å². The highest BCUT2D eigenvalue weighted by Crippen LogP contribution is 2.21. The number of hydrogen-bond acceptors (Lipinski definition) is 5. The monoisotopic (exact) mass is 401 g/mol. The molecule has 0 bridgehead atoms. The first-order valence-electron chi connectivity index (χ1n) is 10.3. The molecule has 0 saturated carbocycles. The van der Waals surface area contributed by atoms with Gasteiger partial charge in [-0.3, -0.25) is 0 Å². The van der Waals surface area contributed by atoms with Crippen molar-refractivity contribution in [3.05, 3.63) is 36.0 Å². The summed E-state index contributed by atoms with van der Waals surface area (Å²) >= 11 is 0. The lowest BCUT2D eigenvalue weighted by atomic mass is 9.97. The molecule has 3 rings (SSSR count). The minimum absolute atomic E-state index is 0.0369. The maximum atomic E-state index is 12.5. The van der Waals surface area contributed by atoms with Crippen LogP contribution in [-0.2, 0) is 16.5 Å². The smallest absolute Gasteiger partial charge is 0.407 e. The van der Waals surface area contributed by atoms with E-state index in [0.717, 1.165) is 43.4 Å². The Labute approximate surface area is 171 Å². The van der Waals surface area contributed by atoms with Crippen LogP contribution in [-0.4, -0.2) is 60.4 Å². The molecule has 1 saturated heterocycles. The van der Waals surface area contributed by atoms with Crippen molar-refractivity contribution in [3.63, 3.8) is 0 Å². The number of likely N-dealkylation sites (tertiary alicyclic amines) is 1. The van der Waals surface area contributed by atoms with Gasteiger partial charge >= 0.3 is 12.1 Å². The molecule has 1 aromatic carbocycles. The largest absolute Gasteiger partial charge is 0.461 e. The van der Waals surface area contributed by atoms with Gasteiger partial charge in [0.1, 0.15) is 5.69 Å². The summed E-state index contributed by atoms with van der Waals surface area (Å²) in [5.41, 5.74) is 1.61. The van der Waals surface area contributed by atoms with Crippen LogP contribution in [0.2, 0.25) is 0 Å². The van der Waals surface area contributed by atoms with Gasteiger partial charge < -0.3 is 24.3 Å². The zero-order valence-corrected chi connectivity index (χ0v) is 17.5. The van der Waals surface area contributed by atoms with E-state index in [1.54, 1.807) is 6.92 Å². The Hall–Kier alpha value is -2.54. The van der Waals surface area contributed by atoms with E-state index in [1.165, 1.54) is 0 Å². The fourth-order valence-electron chi connectivity index (χ4n) is 3.89. The predicted molar refractivity (Wildman–Crippen MR) is 112 cm³/mol. The van der Waals surface area contributed by atoms with E-state index < -0.39 is 0 Å². The highest BCUT2D eigenvalue weighted by Gasteiger charge is 2.23. The summed E-state index contributed by atoms with van der Waals surface area (Å²) in [5.74, 6) is 0.108. The van der Waals surface area contributed by atoms with Gasteiger partial charge in [-0.1, -0.05) is 18.2 Å². The van der Waals surface area contributed by atoms with Crippen molar-refractivity contribution in [1.82, 2.24) is 14.8 Å². The minimum Gasteiger partial charge on any atom is -0.461 e. The maximum Gasteiger partial charge on any atom is 0.407 e. The van der Waals surface area contributed by atoms with Gasteiger partial charge in [0.05, 0.1) is 13.2 Å². The standard InChI is InChI=1S/C22H31N3O4/c1-4-28-22(27)23-16(2)14-25-11-9-17(10-12-25)15-29-21(26)20-13-18-7-5-6-8-19(18)24(20)3/h5-8,13,16-17H,4,9-12,14-15H2,1-3H3,(H,23,27)/t16-/m0/s1. The second kappa shape index (κ2) is 9.78. The topological polar surface area (TPSA) is 72.8 Å². The maximum absolute atomic E-state index is 12.5. The van der Waals surface area contributed by atoms with E-state index >= 15 is 0 Å². The Morgan fingerprint density at radius 3 is 2.62 bits per heavy atom. The molecule has 1 amide bonds. The molecule has 1 aliphatic rings. The molecule has 29 heavy (non-hydrogen) atoms. The number of aromatic nitrogens is 1. The number of para-hydroxylation sites is 1. The first-order chi connectivity index (χ1) is 14.0. The van der Waals surface area contributed by atoms with Gasteiger partial charge in [-0.15, -0.1) is 0 Å². The normalized spacial score (nSPS) is 16.5. The summed E-state index contributed by atoms with van der Waals surface area (Å²) < 4.78 is 12.4. The molecular weight excluding hydrogens is 370 g/mol. The lowest BCUT2D eigenvalue weighted by Crippen LogP contribution is -2.45. The third-order valence-corrected chi connectivity index (χ3v) is 5.49. The molecule has 1 atom stereocenters. The summed E-state index contributed by atoms with van der Waals surface area (Å²) in [7, 11) is 1.89. The number of nitrogens with zero attached hydrogens (tertiary/aromatic N) is 2. The second-order valence-electron chi connectivity index (χ2n) is 7.76. The molecule has 0 unspecified atom stereocenters. The number of piperidine rings is 1. The van der Waals surface area contributed by atoms with Crippen molar-refractivity contribution in [1.29, 1.82) is 0 Å². The molecule has 1 aliphatic heterocycles. The summed E-state index contributed by atoms with van der Waals surface area (Å²) in [6, 6.07) is 9.86. The average Bonchev–Trinajstić information content (AvgIpc) is 3.04. The van der Waals surface area contributed by atoms with Crippen molar-refractivity contribution in [3.8, 4) is 0 Å². The number of aryl methyl sites for hydroxylation is 1. The van der Waals surface area contributed by atoms with E-state index in [4.69, 9.17) is 9.47 Å². The Kier molecular flexibility index (Phi) is 7.14. The molecule has 1 N–H and O–H groups in total. The van der Waals surface area contributed by atoms with Crippen molar-refractivity contribution < 1.29 is 19.1 Å². The number of carbonyl (C=O) groups is 2. The predicted octanol–water partition coefficient (Wildman–Crippen LogP) is 3.18. The number of rotatable bonds is 7. The van der Waals surface area contributed by atoms with Crippen LogP contribution in [0.5, 0.6) is 0 Å². The van der Waals surface area contributed by atoms with Crippen LogP contribution in [0.3, 0.4) is 0 Å². The van der Waals surface area contributed by atoms with Crippen molar-refractivity contribution in [2.24, 2.45) is 13.0 Å². The zero-order valence-electron chi connectivity index (χ0n) is 17.5. The first kappa shape index (κ1) is 21.2. The van der Waals surface area contributed by atoms with Crippen molar-refractivity contribution in [2.75, 3.05) is 32.8 Å². The fraction of sp³-hybridized carbons (Fsp3) is 0.545. The third-order valence-electron chi connectivity index (χ3n) is 5.49. The fourth-order valence-corrected chi connectivity index (χ4v) is 3.89. The molecule has 158 valence electrons. The SMILES string of the molecule is CCOC(=O)N[C@@H](C)CN1CCC(COC(=O)c2cc3ccccc3n2C)CC1. The first-order valence-corrected chi connectivity index (χ1v) is 10.3. The van der Waals surface area contributed by atoms with Gasteiger partial charge in [-0.2, -0.15) is 0 Å². The van der Waals surface area contributed by atoms with Gasteiger partial charge in [-0.25, -0.2) is 9.59 Å². The average molecular weight is 402 g/mol. The number of carbonyl (C=O) groups excluding carboxylic acids is 2. The Bertz CT molecular complexity index is 840. The number of ether oxygens (including phenoxy) is 2. The Morgan fingerprint density at radius 1 is 1.21 bits per heavy atom. The van der Waals surface area contributed by atoms with Crippen LogP contribution in [0.1, 0.15) is 37.2 Å². The van der Waals surface area contributed by atoms with Gasteiger partial charge in [0.25, 0.3) is 0 Å². The Balaban J connectivity index is 1.42.